The van der Waals surface area contributed by atoms with Crippen LogP contribution in [0.3, 0.4) is 0 Å². The second-order valence-electron chi connectivity index (χ2n) is 5.84. The lowest BCUT2D eigenvalue weighted by Crippen LogP contribution is -2.35. The first kappa shape index (κ1) is 16.4. The second-order valence-corrected chi connectivity index (χ2v) is 5.84. The van der Waals surface area contributed by atoms with Crippen LogP contribution in [0.1, 0.15) is 0 Å². The smallest absolute Gasteiger partial charge is 0.398 e. The van der Waals surface area contributed by atoms with Gasteiger partial charge >= 0.3 is 16.9 Å². The minimum Gasteiger partial charge on any atom is -0.398 e. The third-order valence-corrected chi connectivity index (χ3v) is 4.19. The molecule has 0 aliphatic heterocycles. The highest BCUT2D eigenvalue weighted by Crippen LogP contribution is 2.25. The Morgan fingerprint density at radius 3 is 2.41 bits per heavy atom. The fourth-order valence-electron chi connectivity index (χ4n) is 3.02. The van der Waals surface area contributed by atoms with Crippen LogP contribution in [0, 0.1) is 10.1 Å². The summed E-state index contributed by atoms with van der Waals surface area (Å²) in [5.74, 6) is 0. The number of anilines is 1. The fourth-order valence-corrected chi connectivity index (χ4v) is 3.02. The molecule has 0 radical (unpaired) electrons. The number of fused-ring (bicyclic) bond motifs is 1. The van der Waals surface area contributed by atoms with Gasteiger partial charge in [0.05, 0.1) is 16.0 Å². The molecule has 8 nitrogen and oxygen atoms in total. The molecule has 0 fully saturated rings. The Morgan fingerprint density at radius 2 is 1.74 bits per heavy atom. The number of rotatable bonds is 3. The zero-order valence-electron chi connectivity index (χ0n) is 14.0. The molecule has 132 valence electrons. The van der Waals surface area contributed by atoms with Crippen molar-refractivity contribution in [2.45, 2.75) is 0 Å². The molecule has 0 amide bonds. The van der Waals surface area contributed by atoms with Gasteiger partial charge in [-0.2, -0.15) is 4.57 Å². The molecule has 0 saturated carbocycles. The maximum Gasteiger partial charge on any atom is 0.406 e. The quantitative estimate of drug-likeness (QED) is 0.342. The summed E-state index contributed by atoms with van der Waals surface area (Å²) in [7, 11) is 0. The van der Waals surface area contributed by atoms with Gasteiger partial charge in [0.1, 0.15) is 0 Å². The monoisotopic (exact) mass is 360 g/mol. The number of aromatic nitrogens is 3. The van der Waals surface area contributed by atoms with Gasteiger partial charge < -0.3 is 5.73 Å². The Hall–Kier alpha value is -4.07. The Labute approximate surface area is 152 Å². The van der Waals surface area contributed by atoms with Crippen LogP contribution in [-0.4, -0.2) is 14.5 Å². The van der Waals surface area contributed by atoms with E-state index in [9.17, 15) is 14.9 Å². The first-order valence-electron chi connectivity index (χ1n) is 8.08. The highest BCUT2D eigenvalue weighted by Gasteiger charge is 2.33. The van der Waals surface area contributed by atoms with Crippen LogP contribution in [0.2, 0.25) is 0 Å². The van der Waals surface area contributed by atoms with E-state index in [-0.39, 0.29) is 5.69 Å². The number of benzene rings is 1. The number of nitro groups is 1. The zero-order chi connectivity index (χ0) is 19.0. The van der Waals surface area contributed by atoms with E-state index in [2.05, 4.69) is 4.98 Å². The Balaban J connectivity index is 2.20. The van der Waals surface area contributed by atoms with Crippen LogP contribution in [-0.2, 0) is 0 Å². The predicted octanol–water partition coefficient (Wildman–Crippen LogP) is 2.15. The average molecular weight is 360 g/mol. The number of nitrogen functional groups attached to an aromatic ring is 1. The lowest BCUT2D eigenvalue weighted by Gasteiger charge is -2.10. The van der Waals surface area contributed by atoms with E-state index in [1.807, 2.05) is 0 Å². The van der Waals surface area contributed by atoms with Gasteiger partial charge in [0.25, 0.3) is 0 Å². The summed E-state index contributed by atoms with van der Waals surface area (Å²) >= 11 is 0. The zero-order valence-corrected chi connectivity index (χ0v) is 14.0. The van der Waals surface area contributed by atoms with Crippen molar-refractivity contribution in [3.05, 3.63) is 93.7 Å². The summed E-state index contributed by atoms with van der Waals surface area (Å²) < 4.78 is 2.77. The van der Waals surface area contributed by atoms with E-state index >= 15 is 0 Å². The lowest BCUT2D eigenvalue weighted by atomic mass is 10.2. The molecular formula is C19H14N5O3+. The molecule has 0 unspecified atom stereocenters. The highest BCUT2D eigenvalue weighted by molar-refractivity contribution is 5.87. The van der Waals surface area contributed by atoms with Crippen molar-refractivity contribution in [3.8, 4) is 11.4 Å². The summed E-state index contributed by atoms with van der Waals surface area (Å²) in [6.45, 7) is 0. The molecular weight excluding hydrogens is 346 g/mol. The minimum absolute atomic E-state index is 0.153. The van der Waals surface area contributed by atoms with Crippen LogP contribution in [0.4, 0.5) is 11.4 Å². The lowest BCUT2D eigenvalue weighted by molar-refractivity contribution is -0.599. The standard InChI is InChI=1S/C19H13N5O3/c20-13-8-11-22(12-9-13)16-15-7-4-10-21-18(15)23(14-5-2-1-3-6-14)19(25)17(16)24(26)27/h1-12,20H/p+1. The van der Waals surface area contributed by atoms with E-state index < -0.39 is 16.2 Å². The first-order valence-corrected chi connectivity index (χ1v) is 8.08. The number of hydrogen-bond donors (Lipinski definition) is 1. The maximum atomic E-state index is 13.1. The van der Waals surface area contributed by atoms with Crippen molar-refractivity contribution in [3.63, 3.8) is 0 Å². The summed E-state index contributed by atoms with van der Waals surface area (Å²) in [6, 6.07) is 15.3. The van der Waals surface area contributed by atoms with Gasteiger partial charge in [0.15, 0.2) is 18.0 Å². The van der Waals surface area contributed by atoms with E-state index in [0.717, 1.165) is 0 Å². The van der Waals surface area contributed by atoms with E-state index in [1.54, 1.807) is 73.2 Å². The molecule has 0 aliphatic carbocycles. The van der Waals surface area contributed by atoms with E-state index in [4.69, 9.17) is 5.73 Å². The van der Waals surface area contributed by atoms with Crippen LogP contribution in [0.5, 0.6) is 0 Å². The normalized spacial score (nSPS) is 10.8. The topological polar surface area (TPSA) is 108 Å². The maximum absolute atomic E-state index is 13.1. The van der Waals surface area contributed by atoms with E-state index in [0.29, 0.717) is 22.4 Å². The number of hydrogen-bond acceptors (Lipinski definition) is 5. The summed E-state index contributed by atoms with van der Waals surface area (Å²) in [5.41, 5.74) is 5.93. The van der Waals surface area contributed by atoms with Crippen molar-refractivity contribution < 1.29 is 9.49 Å². The summed E-state index contributed by atoms with van der Waals surface area (Å²) in [6.07, 6.45) is 4.71. The molecule has 0 spiro atoms. The molecule has 4 aromatic rings. The van der Waals surface area contributed by atoms with Gasteiger partial charge in [-0.1, -0.05) is 18.2 Å². The highest BCUT2D eigenvalue weighted by atomic mass is 16.6. The molecule has 2 N–H and O–H groups in total. The van der Waals surface area contributed by atoms with Crippen molar-refractivity contribution in [2.75, 3.05) is 5.73 Å². The third kappa shape index (κ3) is 2.69. The molecule has 0 atom stereocenters. The van der Waals surface area contributed by atoms with Crippen LogP contribution < -0.4 is 15.9 Å². The van der Waals surface area contributed by atoms with Crippen molar-refractivity contribution in [1.29, 1.82) is 0 Å². The molecule has 8 heteroatoms. The molecule has 3 heterocycles. The molecule has 0 saturated heterocycles. The van der Waals surface area contributed by atoms with Gasteiger partial charge in [0.2, 0.25) is 0 Å². The fraction of sp³-hybridized carbons (Fsp3) is 0. The van der Waals surface area contributed by atoms with Crippen LogP contribution in [0.15, 0.2) is 78.0 Å². The predicted molar refractivity (Wildman–Crippen MR) is 99.9 cm³/mol. The molecule has 0 aliphatic rings. The van der Waals surface area contributed by atoms with Crippen LogP contribution >= 0.6 is 0 Å². The minimum atomic E-state index is -0.753. The number of nitrogens with zero attached hydrogens (tertiary/aromatic N) is 4. The average Bonchev–Trinajstić information content (AvgIpc) is 2.68. The third-order valence-electron chi connectivity index (χ3n) is 4.19. The van der Waals surface area contributed by atoms with Gasteiger partial charge in [-0.05, 0) is 24.3 Å². The number of para-hydroxylation sites is 1. The van der Waals surface area contributed by atoms with Gasteiger partial charge in [-0.15, -0.1) is 0 Å². The van der Waals surface area contributed by atoms with Crippen molar-refractivity contribution in [1.82, 2.24) is 9.55 Å². The van der Waals surface area contributed by atoms with Gasteiger partial charge in [0, 0.05) is 24.0 Å². The number of nitrogens with two attached hydrogens (primary N) is 1. The molecule has 1 aromatic carbocycles. The molecule has 0 bridgehead atoms. The second kappa shape index (κ2) is 6.34. The molecule has 4 rings (SSSR count). The van der Waals surface area contributed by atoms with E-state index in [1.165, 1.54) is 9.13 Å². The summed E-state index contributed by atoms with van der Waals surface area (Å²) in [5, 5.41) is 12.3. The Morgan fingerprint density at radius 1 is 1.04 bits per heavy atom. The Kier molecular flexibility index (Phi) is 3.85. The SMILES string of the molecule is Nc1cc[n+](-c2c([N+](=O)[O-])c(=O)n(-c3ccccc3)c3ncccc23)cc1. The first-order chi connectivity index (χ1) is 13.1. The van der Waals surface area contributed by atoms with Crippen molar-refractivity contribution >= 4 is 22.4 Å². The molecule has 27 heavy (non-hydrogen) atoms. The van der Waals surface area contributed by atoms with Gasteiger partial charge in [-0.25, -0.2) is 4.98 Å². The van der Waals surface area contributed by atoms with Crippen LogP contribution in [0.25, 0.3) is 22.4 Å². The largest absolute Gasteiger partial charge is 0.406 e. The van der Waals surface area contributed by atoms with Crippen molar-refractivity contribution in [2.24, 2.45) is 0 Å². The summed E-state index contributed by atoms with van der Waals surface area (Å²) in [4.78, 5) is 28.6. The number of pyridine rings is 3. The van der Waals surface area contributed by atoms with Gasteiger partial charge in [-0.3, -0.25) is 19.5 Å². The molecule has 3 aromatic heterocycles. The Bertz CT molecular complexity index is 1220.